The van der Waals surface area contributed by atoms with Crippen LogP contribution >= 0.6 is 0 Å². The number of carbonyl (C=O) groups excluding carboxylic acids is 1. The summed E-state index contributed by atoms with van der Waals surface area (Å²) in [7, 11) is 1.66. The van der Waals surface area contributed by atoms with Crippen molar-refractivity contribution in [2.75, 3.05) is 25.6 Å². The number of methoxy groups -OCH3 is 1. The van der Waals surface area contributed by atoms with E-state index < -0.39 is 0 Å². The van der Waals surface area contributed by atoms with Gasteiger partial charge in [0.25, 0.3) is 5.91 Å². The van der Waals surface area contributed by atoms with Crippen LogP contribution in [0.15, 0.2) is 18.5 Å². The summed E-state index contributed by atoms with van der Waals surface area (Å²) in [6.45, 7) is 1.32. The summed E-state index contributed by atoms with van der Waals surface area (Å²) in [6, 6.07) is 2.15. The molecule has 0 atom stereocenters. The van der Waals surface area contributed by atoms with Gasteiger partial charge < -0.3 is 15.4 Å². The average molecular weight is 277 g/mol. The van der Waals surface area contributed by atoms with Crippen molar-refractivity contribution >= 4 is 11.6 Å². The molecule has 0 bridgehead atoms. The summed E-state index contributed by atoms with van der Waals surface area (Å²) in [6.07, 6.45) is 9.21. The van der Waals surface area contributed by atoms with Gasteiger partial charge in [-0.15, -0.1) is 0 Å². The first-order valence-electron chi connectivity index (χ1n) is 7.28. The third kappa shape index (κ3) is 4.49. The number of nitrogens with one attached hydrogen (secondary N) is 2. The van der Waals surface area contributed by atoms with Crippen LogP contribution in [0.2, 0.25) is 0 Å². The van der Waals surface area contributed by atoms with Gasteiger partial charge in [-0.05, 0) is 18.9 Å². The van der Waals surface area contributed by atoms with E-state index in [4.69, 9.17) is 4.74 Å². The minimum Gasteiger partial charge on any atom is -0.383 e. The van der Waals surface area contributed by atoms with Gasteiger partial charge >= 0.3 is 0 Å². The van der Waals surface area contributed by atoms with Crippen LogP contribution in [0.3, 0.4) is 0 Å². The Labute approximate surface area is 120 Å². The number of aromatic nitrogens is 1. The summed E-state index contributed by atoms with van der Waals surface area (Å²) in [5.41, 5.74) is 1.45. The van der Waals surface area contributed by atoms with Crippen LogP contribution in [0.25, 0.3) is 0 Å². The molecule has 0 aromatic carbocycles. The molecule has 20 heavy (non-hydrogen) atoms. The van der Waals surface area contributed by atoms with Gasteiger partial charge in [-0.3, -0.25) is 9.78 Å². The van der Waals surface area contributed by atoms with E-state index in [1.54, 1.807) is 19.5 Å². The number of nitrogens with zero attached hydrogens (tertiary/aromatic N) is 1. The predicted molar refractivity (Wildman–Crippen MR) is 78.9 cm³/mol. The highest BCUT2D eigenvalue weighted by Gasteiger charge is 2.16. The molecule has 5 heteroatoms. The lowest BCUT2D eigenvalue weighted by molar-refractivity contribution is 0.0927. The smallest absolute Gasteiger partial charge is 0.253 e. The predicted octanol–water partition coefficient (Wildman–Crippen LogP) is 2.20. The molecule has 5 nitrogen and oxygen atoms in total. The fraction of sp³-hybridized carbons (Fsp3) is 0.600. The number of amides is 1. The zero-order valence-corrected chi connectivity index (χ0v) is 12.0. The first-order chi connectivity index (χ1) is 9.79. The van der Waals surface area contributed by atoms with Crippen LogP contribution in [-0.2, 0) is 4.74 Å². The zero-order valence-electron chi connectivity index (χ0n) is 12.0. The first-order valence-corrected chi connectivity index (χ1v) is 7.28. The maximum absolute atomic E-state index is 12.2. The Hall–Kier alpha value is -1.62. The molecular weight excluding hydrogens is 254 g/mol. The fourth-order valence-corrected chi connectivity index (χ4v) is 2.47. The Balaban J connectivity index is 1.89. The molecule has 110 valence electrons. The Morgan fingerprint density at radius 3 is 2.90 bits per heavy atom. The van der Waals surface area contributed by atoms with E-state index in [9.17, 15) is 4.79 Å². The van der Waals surface area contributed by atoms with Crippen LogP contribution in [0.5, 0.6) is 0 Å². The molecule has 1 aromatic rings. The SMILES string of the molecule is COCCNc1cncc(C(=O)NC2CCCCC2)c1. The number of hydrogen-bond donors (Lipinski definition) is 2. The summed E-state index contributed by atoms with van der Waals surface area (Å²) in [4.78, 5) is 16.3. The molecular formula is C15H23N3O2. The standard InChI is InChI=1S/C15H23N3O2/c1-20-8-7-17-14-9-12(10-16-11-14)15(19)18-13-5-3-2-4-6-13/h9-11,13,17H,2-8H2,1H3,(H,18,19). The molecule has 1 aliphatic carbocycles. The second-order valence-corrected chi connectivity index (χ2v) is 5.19. The molecule has 1 aromatic heterocycles. The van der Waals surface area contributed by atoms with E-state index in [0.29, 0.717) is 24.8 Å². The molecule has 1 saturated carbocycles. The number of anilines is 1. The molecule has 0 saturated heterocycles. The molecule has 1 amide bonds. The van der Waals surface area contributed by atoms with Crippen molar-refractivity contribution in [1.29, 1.82) is 0 Å². The number of ether oxygens (including phenoxy) is 1. The van der Waals surface area contributed by atoms with Gasteiger partial charge in [-0.2, -0.15) is 0 Å². The number of carbonyl (C=O) groups is 1. The Morgan fingerprint density at radius 2 is 2.15 bits per heavy atom. The van der Waals surface area contributed by atoms with Gasteiger partial charge in [0.15, 0.2) is 0 Å². The first kappa shape index (κ1) is 14.8. The van der Waals surface area contributed by atoms with Gasteiger partial charge in [0.2, 0.25) is 0 Å². The largest absolute Gasteiger partial charge is 0.383 e. The van der Waals surface area contributed by atoms with Crippen LogP contribution in [-0.4, -0.2) is 37.2 Å². The second kappa shape index (κ2) is 7.85. The molecule has 0 spiro atoms. The number of rotatable bonds is 6. The number of pyridine rings is 1. The second-order valence-electron chi connectivity index (χ2n) is 5.19. The molecule has 0 aliphatic heterocycles. The van der Waals surface area contributed by atoms with E-state index >= 15 is 0 Å². The Kier molecular flexibility index (Phi) is 5.80. The topological polar surface area (TPSA) is 63.2 Å². The maximum Gasteiger partial charge on any atom is 0.253 e. The lowest BCUT2D eigenvalue weighted by Gasteiger charge is -2.22. The van der Waals surface area contributed by atoms with Crippen molar-refractivity contribution in [2.24, 2.45) is 0 Å². The van der Waals surface area contributed by atoms with Gasteiger partial charge in [-0.1, -0.05) is 19.3 Å². The zero-order chi connectivity index (χ0) is 14.2. The van der Waals surface area contributed by atoms with Gasteiger partial charge in [-0.25, -0.2) is 0 Å². The van der Waals surface area contributed by atoms with Crippen molar-refractivity contribution < 1.29 is 9.53 Å². The number of hydrogen-bond acceptors (Lipinski definition) is 4. The lowest BCUT2D eigenvalue weighted by atomic mass is 9.95. The summed E-state index contributed by atoms with van der Waals surface area (Å²) >= 11 is 0. The van der Waals surface area contributed by atoms with E-state index in [-0.39, 0.29) is 5.91 Å². The maximum atomic E-state index is 12.2. The molecule has 0 unspecified atom stereocenters. The van der Waals surface area contributed by atoms with E-state index in [1.807, 2.05) is 6.07 Å². The minimum atomic E-state index is -0.0280. The van der Waals surface area contributed by atoms with E-state index in [2.05, 4.69) is 15.6 Å². The molecule has 1 aliphatic rings. The third-order valence-corrected chi connectivity index (χ3v) is 3.58. The average Bonchev–Trinajstić information content (AvgIpc) is 2.49. The quantitative estimate of drug-likeness (QED) is 0.783. The minimum absolute atomic E-state index is 0.0280. The van der Waals surface area contributed by atoms with Crippen molar-refractivity contribution in [3.8, 4) is 0 Å². The summed E-state index contributed by atoms with van der Waals surface area (Å²) in [5, 5.41) is 6.28. The molecule has 0 radical (unpaired) electrons. The Bertz CT molecular complexity index is 431. The van der Waals surface area contributed by atoms with Crippen LogP contribution in [0.4, 0.5) is 5.69 Å². The van der Waals surface area contributed by atoms with Crippen molar-refractivity contribution in [3.63, 3.8) is 0 Å². The van der Waals surface area contributed by atoms with Crippen molar-refractivity contribution in [1.82, 2.24) is 10.3 Å². The summed E-state index contributed by atoms with van der Waals surface area (Å²) in [5.74, 6) is -0.0280. The molecule has 1 fully saturated rings. The monoisotopic (exact) mass is 277 g/mol. The van der Waals surface area contributed by atoms with Gasteiger partial charge in [0, 0.05) is 32.1 Å². The van der Waals surface area contributed by atoms with Crippen LogP contribution in [0.1, 0.15) is 42.5 Å². The van der Waals surface area contributed by atoms with Crippen molar-refractivity contribution in [2.45, 2.75) is 38.1 Å². The van der Waals surface area contributed by atoms with Crippen LogP contribution in [0, 0.1) is 0 Å². The molecule has 2 rings (SSSR count). The highest BCUT2D eigenvalue weighted by Crippen LogP contribution is 2.18. The molecule has 1 heterocycles. The highest BCUT2D eigenvalue weighted by atomic mass is 16.5. The Morgan fingerprint density at radius 1 is 1.35 bits per heavy atom. The fourth-order valence-electron chi connectivity index (χ4n) is 2.47. The third-order valence-electron chi connectivity index (χ3n) is 3.58. The van der Waals surface area contributed by atoms with Gasteiger partial charge in [0.1, 0.15) is 0 Å². The van der Waals surface area contributed by atoms with Crippen molar-refractivity contribution in [3.05, 3.63) is 24.0 Å². The highest BCUT2D eigenvalue weighted by molar-refractivity contribution is 5.94. The molecule has 2 N–H and O–H groups in total. The normalized spacial score (nSPS) is 15.8. The van der Waals surface area contributed by atoms with E-state index in [1.165, 1.54) is 19.3 Å². The van der Waals surface area contributed by atoms with E-state index in [0.717, 1.165) is 18.5 Å². The summed E-state index contributed by atoms with van der Waals surface area (Å²) < 4.78 is 4.98. The van der Waals surface area contributed by atoms with Gasteiger partial charge in [0.05, 0.1) is 17.9 Å². The lowest BCUT2D eigenvalue weighted by Crippen LogP contribution is -2.36. The van der Waals surface area contributed by atoms with Crippen LogP contribution < -0.4 is 10.6 Å².